The van der Waals surface area contributed by atoms with Crippen molar-refractivity contribution in [2.45, 2.75) is 82.5 Å². The molecule has 1 aromatic rings. The molecule has 1 aromatic heterocycles. The maximum Gasteiger partial charge on any atom is 0.325 e. The van der Waals surface area contributed by atoms with Crippen LogP contribution in [0, 0.1) is 0 Å². The van der Waals surface area contributed by atoms with Crippen molar-refractivity contribution in [2.24, 2.45) is 0 Å². The third-order valence-corrected chi connectivity index (χ3v) is 10.7. The molecule has 0 bridgehead atoms. The van der Waals surface area contributed by atoms with Gasteiger partial charge in [0.05, 0.1) is 18.8 Å². The molecule has 2 saturated heterocycles. The van der Waals surface area contributed by atoms with Crippen molar-refractivity contribution >= 4 is 8.32 Å². The molecule has 3 N–H and O–H groups in total. The number of aliphatic hydroxyl groups excluding tert-OH is 1. The molecule has 29 heavy (non-hydrogen) atoms. The highest BCUT2D eigenvalue weighted by atomic mass is 28.4. The van der Waals surface area contributed by atoms with Crippen LogP contribution in [0.15, 0.2) is 15.8 Å². The molecular weight excluding hydrogens is 396 g/mol. The number of hydrogen-bond donors (Lipinski definition) is 3. The predicted molar refractivity (Wildman–Crippen MR) is 108 cm³/mol. The van der Waals surface area contributed by atoms with E-state index in [1.165, 1.54) is 6.20 Å². The van der Waals surface area contributed by atoms with Crippen molar-refractivity contribution in [2.75, 3.05) is 13.2 Å². The predicted octanol–water partition coefficient (Wildman–Crippen LogP) is 1.41. The van der Waals surface area contributed by atoms with Crippen LogP contribution < -0.4 is 11.2 Å². The third-order valence-electron chi connectivity index (χ3n) is 6.20. The van der Waals surface area contributed by atoms with Crippen LogP contribution in [0.1, 0.15) is 46.3 Å². The lowest BCUT2D eigenvalue weighted by Gasteiger charge is -2.40. The average molecular weight is 429 g/mol. The van der Waals surface area contributed by atoms with Gasteiger partial charge in [-0.25, -0.2) is 4.79 Å². The molecule has 2 fully saturated rings. The number of hydrogen-bond acceptors (Lipinski definition) is 7. The van der Waals surface area contributed by atoms with Crippen LogP contribution >= 0.6 is 0 Å². The molecule has 9 nitrogen and oxygen atoms in total. The molecule has 3 rings (SSSR count). The van der Waals surface area contributed by atoms with E-state index in [0.717, 1.165) is 0 Å². The second kappa shape index (κ2) is 7.14. The van der Waals surface area contributed by atoms with Crippen molar-refractivity contribution < 1.29 is 23.7 Å². The summed E-state index contributed by atoms with van der Waals surface area (Å²) in [6.45, 7) is 14.1. The summed E-state index contributed by atoms with van der Waals surface area (Å²) in [5.41, 5.74) is -2.12. The Morgan fingerprint density at radius 3 is 2.48 bits per heavy atom. The van der Waals surface area contributed by atoms with Gasteiger partial charge in [0.2, 0.25) is 0 Å². The van der Waals surface area contributed by atoms with Crippen molar-refractivity contribution in [1.29, 1.82) is 0 Å². The normalized spacial score (nSPS) is 31.8. The maximum absolute atomic E-state index is 12.5. The standard InChI is InChI=1S/C19H32N2O7Si/c1-17(2,3)29(6,7)25-10-19-13(11-8-20-16(24)21-15(11)23)26-12(9-22)14(19)27-18(4,5)28-19/h8,12-14,22H,9-10H2,1-7H3,(H2,20,21,23,24)/t12-,13+,14-,19+/m1/s1. The molecule has 4 atom stereocenters. The lowest BCUT2D eigenvalue weighted by Crippen LogP contribution is -2.53. The van der Waals surface area contributed by atoms with Gasteiger partial charge in [-0.2, -0.15) is 0 Å². The molecule has 0 radical (unpaired) electrons. The topological polar surface area (TPSA) is 123 Å². The van der Waals surface area contributed by atoms with Gasteiger partial charge in [0.1, 0.15) is 18.3 Å². The van der Waals surface area contributed by atoms with Crippen molar-refractivity contribution in [3.05, 3.63) is 32.6 Å². The number of fused-ring (bicyclic) bond motifs is 1. The minimum atomic E-state index is -2.17. The highest BCUT2D eigenvalue weighted by Crippen LogP contribution is 2.53. The van der Waals surface area contributed by atoms with Gasteiger partial charge in [0, 0.05) is 6.20 Å². The van der Waals surface area contributed by atoms with Gasteiger partial charge in [-0.05, 0) is 32.0 Å². The maximum atomic E-state index is 12.5. The SMILES string of the molecule is CC1(C)O[C@@H]2[C@@H](CO)O[C@@H](c3c[nH]c(=O)[nH]c3=O)[C@]2(CO[Si](C)(C)C(C)(C)C)O1. The smallest absolute Gasteiger partial charge is 0.325 e. The van der Waals surface area contributed by atoms with Crippen LogP contribution in [0.5, 0.6) is 0 Å². The molecular formula is C19H32N2O7Si. The van der Waals surface area contributed by atoms with E-state index in [2.05, 4.69) is 43.8 Å². The second-order valence-corrected chi connectivity index (χ2v) is 14.6. The van der Waals surface area contributed by atoms with Gasteiger partial charge in [-0.3, -0.25) is 9.78 Å². The van der Waals surface area contributed by atoms with E-state index in [1.807, 2.05) is 0 Å². The first kappa shape index (κ1) is 22.4. The molecule has 0 amide bonds. The Kier molecular flexibility index (Phi) is 5.51. The molecule has 0 unspecified atom stereocenters. The fourth-order valence-electron chi connectivity index (χ4n) is 3.69. The van der Waals surface area contributed by atoms with E-state index in [0.29, 0.717) is 0 Å². The first-order valence-electron chi connectivity index (χ1n) is 9.83. The molecule has 0 aromatic carbocycles. The van der Waals surface area contributed by atoms with Crippen molar-refractivity contribution in [1.82, 2.24) is 9.97 Å². The summed E-state index contributed by atoms with van der Waals surface area (Å²) in [7, 11) is -2.17. The molecule has 2 aliphatic rings. The van der Waals surface area contributed by atoms with Crippen LogP contribution in [0.3, 0.4) is 0 Å². The second-order valence-electron chi connectivity index (χ2n) is 9.81. The first-order chi connectivity index (χ1) is 13.2. The van der Waals surface area contributed by atoms with Crippen molar-refractivity contribution in [3.8, 4) is 0 Å². The van der Waals surface area contributed by atoms with E-state index in [4.69, 9.17) is 18.6 Å². The fourth-order valence-corrected chi connectivity index (χ4v) is 4.71. The van der Waals surface area contributed by atoms with E-state index >= 15 is 0 Å². The number of aromatic nitrogens is 2. The lowest BCUT2D eigenvalue weighted by atomic mass is 9.88. The Balaban J connectivity index is 2.07. The monoisotopic (exact) mass is 428 g/mol. The third kappa shape index (κ3) is 3.89. The largest absolute Gasteiger partial charge is 0.414 e. The summed E-state index contributed by atoms with van der Waals surface area (Å²) < 4.78 is 24.9. The number of nitrogens with one attached hydrogen (secondary N) is 2. The van der Waals surface area contributed by atoms with E-state index in [-0.39, 0.29) is 23.8 Å². The number of ether oxygens (including phenoxy) is 3. The Hall–Kier alpha value is -1.30. The summed E-state index contributed by atoms with van der Waals surface area (Å²) in [6.07, 6.45) is -0.887. The van der Waals surface area contributed by atoms with Gasteiger partial charge in [0.25, 0.3) is 5.56 Å². The zero-order valence-electron chi connectivity index (χ0n) is 18.1. The van der Waals surface area contributed by atoms with Gasteiger partial charge < -0.3 is 28.7 Å². The van der Waals surface area contributed by atoms with Crippen LogP contribution in [-0.4, -0.2) is 60.2 Å². The summed E-state index contributed by atoms with van der Waals surface area (Å²) in [5.74, 6) is -0.953. The first-order valence-corrected chi connectivity index (χ1v) is 12.7. The molecule has 2 aliphatic heterocycles. The number of aliphatic hydroxyl groups is 1. The summed E-state index contributed by atoms with van der Waals surface area (Å²) in [6, 6.07) is 0. The van der Waals surface area contributed by atoms with Gasteiger partial charge in [-0.15, -0.1) is 0 Å². The number of aromatic amines is 2. The zero-order valence-corrected chi connectivity index (χ0v) is 19.1. The molecule has 10 heteroatoms. The zero-order chi connectivity index (χ0) is 21.8. The Bertz CT molecular complexity index is 872. The molecule has 164 valence electrons. The summed E-state index contributed by atoms with van der Waals surface area (Å²) >= 11 is 0. The van der Waals surface area contributed by atoms with Crippen LogP contribution in [0.25, 0.3) is 0 Å². The quantitative estimate of drug-likeness (QED) is 0.606. The van der Waals surface area contributed by atoms with Gasteiger partial charge in [-0.1, -0.05) is 20.8 Å². The molecule has 3 heterocycles. The van der Waals surface area contributed by atoms with Crippen molar-refractivity contribution in [3.63, 3.8) is 0 Å². The minimum Gasteiger partial charge on any atom is -0.414 e. The fraction of sp³-hybridized carbons (Fsp3) is 0.789. The van der Waals surface area contributed by atoms with E-state index < -0.39 is 49.3 Å². The van der Waals surface area contributed by atoms with Crippen LogP contribution in [-0.2, 0) is 18.6 Å². The summed E-state index contributed by atoms with van der Waals surface area (Å²) in [4.78, 5) is 28.7. The highest BCUT2D eigenvalue weighted by Gasteiger charge is 2.67. The molecule has 0 saturated carbocycles. The Labute approximate surface area is 170 Å². The Morgan fingerprint density at radius 2 is 1.93 bits per heavy atom. The Morgan fingerprint density at radius 1 is 1.28 bits per heavy atom. The lowest BCUT2D eigenvalue weighted by molar-refractivity contribution is -0.214. The van der Waals surface area contributed by atoms with Gasteiger partial charge in [0.15, 0.2) is 19.7 Å². The highest BCUT2D eigenvalue weighted by molar-refractivity contribution is 6.74. The van der Waals surface area contributed by atoms with Crippen LogP contribution in [0.2, 0.25) is 18.1 Å². The average Bonchev–Trinajstić information content (AvgIpc) is 3.00. The van der Waals surface area contributed by atoms with E-state index in [9.17, 15) is 14.7 Å². The molecule has 0 spiro atoms. The van der Waals surface area contributed by atoms with Gasteiger partial charge >= 0.3 is 5.69 Å². The summed E-state index contributed by atoms with van der Waals surface area (Å²) in [5, 5.41) is 9.86. The molecule has 0 aliphatic carbocycles. The minimum absolute atomic E-state index is 0.0328. The van der Waals surface area contributed by atoms with Crippen LogP contribution in [0.4, 0.5) is 0 Å². The number of rotatable bonds is 5. The number of H-pyrrole nitrogens is 2. The van der Waals surface area contributed by atoms with E-state index in [1.54, 1.807) is 13.8 Å².